The van der Waals surface area contributed by atoms with E-state index in [2.05, 4.69) is 32.0 Å². The molecule has 1 heteroatoms. The second-order valence-corrected chi connectivity index (χ2v) is 3.91. The average molecular weight is 230 g/mol. The fraction of sp³-hybridized carbons (Fsp3) is 0.375. The van der Waals surface area contributed by atoms with Crippen LogP contribution in [0.4, 0.5) is 0 Å². The van der Waals surface area contributed by atoms with E-state index in [0.717, 1.165) is 11.5 Å². The highest BCUT2D eigenvalue weighted by molar-refractivity contribution is 5.50. The number of fused-ring (bicyclic) bond motifs is 1. The molecular formula is C16H22O. The topological polar surface area (TPSA) is 9.23 Å². The first kappa shape index (κ1) is 13.6. The van der Waals surface area contributed by atoms with Gasteiger partial charge in [0.1, 0.15) is 11.5 Å². The molecule has 1 atom stereocenters. The molecule has 0 fully saturated rings. The minimum atomic E-state index is 0.371. The van der Waals surface area contributed by atoms with Gasteiger partial charge in [-0.3, -0.25) is 0 Å². The van der Waals surface area contributed by atoms with Gasteiger partial charge in [-0.1, -0.05) is 51.1 Å². The molecule has 0 saturated heterocycles. The number of hydrogen-bond donors (Lipinski definition) is 0. The molecule has 1 aromatic carbocycles. The summed E-state index contributed by atoms with van der Waals surface area (Å²) >= 11 is 0. The van der Waals surface area contributed by atoms with E-state index >= 15 is 0 Å². The molecule has 1 aliphatic heterocycles. The van der Waals surface area contributed by atoms with Crippen LogP contribution in [-0.4, -0.2) is 0 Å². The smallest absolute Gasteiger partial charge is 0.133 e. The van der Waals surface area contributed by atoms with E-state index in [-0.39, 0.29) is 0 Å². The minimum absolute atomic E-state index is 0.371. The van der Waals surface area contributed by atoms with Crippen LogP contribution < -0.4 is 4.74 Å². The van der Waals surface area contributed by atoms with Gasteiger partial charge >= 0.3 is 0 Å². The van der Waals surface area contributed by atoms with Gasteiger partial charge in [0.2, 0.25) is 0 Å². The SMILES string of the molecule is C/C=C\C=C1\Oc2c(C)cccc2C1C.CC. The van der Waals surface area contributed by atoms with Crippen LogP contribution in [0.15, 0.2) is 42.2 Å². The number of para-hydroxylation sites is 1. The van der Waals surface area contributed by atoms with E-state index < -0.39 is 0 Å². The quantitative estimate of drug-likeness (QED) is 0.661. The first-order valence-corrected chi connectivity index (χ1v) is 6.34. The molecule has 0 saturated carbocycles. The summed E-state index contributed by atoms with van der Waals surface area (Å²) < 4.78 is 5.86. The molecule has 0 radical (unpaired) electrons. The highest BCUT2D eigenvalue weighted by atomic mass is 16.5. The molecule has 0 N–H and O–H groups in total. The summed E-state index contributed by atoms with van der Waals surface area (Å²) in [6.07, 6.45) is 6.08. The molecule has 0 spiro atoms. The van der Waals surface area contributed by atoms with Crippen molar-refractivity contribution in [2.24, 2.45) is 0 Å². The Labute approximate surface area is 105 Å². The van der Waals surface area contributed by atoms with E-state index in [9.17, 15) is 0 Å². The van der Waals surface area contributed by atoms with Crippen molar-refractivity contribution in [1.82, 2.24) is 0 Å². The van der Waals surface area contributed by atoms with Gasteiger partial charge in [0.05, 0.1) is 0 Å². The number of hydrogen-bond acceptors (Lipinski definition) is 1. The number of allylic oxidation sites excluding steroid dienone is 4. The zero-order valence-corrected chi connectivity index (χ0v) is 11.4. The Morgan fingerprint density at radius 1 is 1.24 bits per heavy atom. The Balaban J connectivity index is 0.000000686. The molecule has 0 aliphatic carbocycles. The van der Waals surface area contributed by atoms with Gasteiger partial charge in [-0.25, -0.2) is 0 Å². The van der Waals surface area contributed by atoms with Crippen molar-refractivity contribution in [3.63, 3.8) is 0 Å². The molecule has 1 aliphatic rings. The summed E-state index contributed by atoms with van der Waals surface area (Å²) in [6, 6.07) is 6.32. The Bertz CT molecular complexity index is 427. The van der Waals surface area contributed by atoms with Crippen molar-refractivity contribution < 1.29 is 4.74 Å². The summed E-state index contributed by atoms with van der Waals surface area (Å²) in [4.78, 5) is 0. The predicted molar refractivity (Wildman–Crippen MR) is 74.5 cm³/mol. The maximum absolute atomic E-state index is 5.86. The summed E-state index contributed by atoms with van der Waals surface area (Å²) in [6.45, 7) is 10.3. The second-order valence-electron chi connectivity index (χ2n) is 3.91. The largest absolute Gasteiger partial charge is 0.461 e. The van der Waals surface area contributed by atoms with Gasteiger partial charge in [-0.15, -0.1) is 0 Å². The Morgan fingerprint density at radius 3 is 2.53 bits per heavy atom. The zero-order chi connectivity index (χ0) is 12.8. The van der Waals surface area contributed by atoms with Crippen LogP contribution >= 0.6 is 0 Å². The molecule has 2 rings (SSSR count). The Morgan fingerprint density at radius 2 is 1.94 bits per heavy atom. The van der Waals surface area contributed by atoms with Gasteiger partial charge in [0.15, 0.2) is 0 Å². The fourth-order valence-corrected chi connectivity index (χ4v) is 1.88. The number of aryl methyl sites for hydroxylation is 1. The van der Waals surface area contributed by atoms with Crippen LogP contribution in [0.25, 0.3) is 0 Å². The van der Waals surface area contributed by atoms with Gasteiger partial charge < -0.3 is 4.74 Å². The lowest BCUT2D eigenvalue weighted by Gasteiger charge is -2.01. The predicted octanol–water partition coefficient (Wildman–Crippen LogP) is 4.98. The van der Waals surface area contributed by atoms with Crippen molar-refractivity contribution in [2.75, 3.05) is 0 Å². The summed E-state index contributed by atoms with van der Waals surface area (Å²) in [5.41, 5.74) is 2.51. The van der Waals surface area contributed by atoms with Crippen LogP contribution in [0.3, 0.4) is 0 Å². The Hall–Kier alpha value is -1.50. The highest BCUT2D eigenvalue weighted by Gasteiger charge is 2.26. The summed E-state index contributed by atoms with van der Waals surface area (Å²) in [7, 11) is 0. The van der Waals surface area contributed by atoms with Crippen LogP contribution in [0.2, 0.25) is 0 Å². The maximum Gasteiger partial charge on any atom is 0.133 e. The first-order chi connectivity index (χ1) is 8.24. The van der Waals surface area contributed by atoms with Crippen LogP contribution in [-0.2, 0) is 0 Å². The highest BCUT2D eigenvalue weighted by Crippen LogP contribution is 2.42. The summed E-state index contributed by atoms with van der Waals surface area (Å²) in [5, 5.41) is 0. The summed E-state index contributed by atoms with van der Waals surface area (Å²) in [5.74, 6) is 2.45. The standard InChI is InChI=1S/C14H16O.C2H6/c1-4-5-9-13-11(3)12-8-6-7-10(2)14(12)15-13;1-2/h4-9,11H,1-3H3;1-2H3/b5-4-,13-9+;. The average Bonchev–Trinajstić information content (AvgIpc) is 2.68. The lowest BCUT2D eigenvalue weighted by Crippen LogP contribution is -1.92. The molecule has 1 unspecified atom stereocenters. The molecule has 0 aromatic heterocycles. The minimum Gasteiger partial charge on any atom is -0.461 e. The number of rotatable bonds is 1. The van der Waals surface area contributed by atoms with Crippen molar-refractivity contribution in [3.05, 3.63) is 53.3 Å². The van der Waals surface area contributed by atoms with Gasteiger partial charge in [0.25, 0.3) is 0 Å². The lowest BCUT2D eigenvalue weighted by atomic mass is 9.99. The van der Waals surface area contributed by atoms with E-state index in [4.69, 9.17) is 4.74 Å². The van der Waals surface area contributed by atoms with Gasteiger partial charge in [-0.2, -0.15) is 0 Å². The number of ether oxygens (including phenoxy) is 1. The second kappa shape index (κ2) is 6.29. The van der Waals surface area contributed by atoms with Crippen LogP contribution in [0.5, 0.6) is 5.75 Å². The van der Waals surface area contributed by atoms with E-state index in [1.165, 1.54) is 11.1 Å². The molecule has 0 amide bonds. The fourth-order valence-electron chi connectivity index (χ4n) is 1.88. The van der Waals surface area contributed by atoms with Crippen molar-refractivity contribution in [3.8, 4) is 5.75 Å². The molecule has 17 heavy (non-hydrogen) atoms. The Kier molecular flexibility index (Phi) is 5.02. The van der Waals surface area contributed by atoms with Crippen LogP contribution in [0, 0.1) is 6.92 Å². The van der Waals surface area contributed by atoms with E-state index in [0.29, 0.717) is 5.92 Å². The molecule has 92 valence electrons. The maximum atomic E-state index is 5.86. The van der Waals surface area contributed by atoms with E-state index in [1.807, 2.05) is 39.0 Å². The normalized spacial score (nSPS) is 19.8. The van der Waals surface area contributed by atoms with Crippen molar-refractivity contribution >= 4 is 0 Å². The number of benzene rings is 1. The molecule has 1 aromatic rings. The lowest BCUT2D eigenvalue weighted by molar-refractivity contribution is 0.430. The molecule has 1 heterocycles. The third-order valence-corrected chi connectivity index (χ3v) is 2.81. The zero-order valence-electron chi connectivity index (χ0n) is 11.4. The van der Waals surface area contributed by atoms with Gasteiger partial charge in [0, 0.05) is 11.5 Å². The van der Waals surface area contributed by atoms with Crippen molar-refractivity contribution in [2.45, 2.75) is 40.5 Å². The first-order valence-electron chi connectivity index (χ1n) is 6.34. The molecule has 0 bridgehead atoms. The van der Waals surface area contributed by atoms with Gasteiger partial charge in [-0.05, 0) is 25.5 Å². The third kappa shape index (κ3) is 2.79. The van der Waals surface area contributed by atoms with Crippen molar-refractivity contribution in [1.29, 1.82) is 0 Å². The third-order valence-electron chi connectivity index (χ3n) is 2.81. The molecule has 1 nitrogen and oxygen atoms in total. The van der Waals surface area contributed by atoms with Crippen LogP contribution in [0.1, 0.15) is 44.7 Å². The monoisotopic (exact) mass is 230 g/mol. The van der Waals surface area contributed by atoms with E-state index in [1.54, 1.807) is 0 Å². The molecular weight excluding hydrogens is 208 g/mol.